The first kappa shape index (κ1) is 9.01. The molecule has 1 aliphatic carbocycles. The maximum Gasteiger partial charge on any atom is 0.00961 e. The van der Waals surface area contributed by atoms with Crippen molar-refractivity contribution in [2.75, 3.05) is 6.54 Å². The van der Waals surface area contributed by atoms with Crippen molar-refractivity contribution >= 4 is 0 Å². The minimum absolute atomic E-state index is 0.210. The van der Waals surface area contributed by atoms with Gasteiger partial charge in [0.25, 0.3) is 0 Å². The Hall–Kier alpha value is -0.0800. The summed E-state index contributed by atoms with van der Waals surface area (Å²) >= 11 is 0. The monoisotopic (exact) mass is 156 g/mol. The van der Waals surface area contributed by atoms with Crippen molar-refractivity contribution in [2.24, 2.45) is 22.3 Å². The lowest BCUT2D eigenvalue weighted by atomic mass is 9.68. The summed E-state index contributed by atoms with van der Waals surface area (Å²) in [5.74, 6) is 0. The molecule has 1 aliphatic rings. The van der Waals surface area contributed by atoms with Crippen LogP contribution >= 0.6 is 0 Å². The number of rotatable bonds is 1. The van der Waals surface area contributed by atoms with Crippen LogP contribution in [0.1, 0.15) is 33.6 Å². The standard InChI is InChI=1S/C9H20N2/c1-8(2)7(11)4-5-9(8,3)6-10/h7H,4-6,10-11H2,1-3H3. The molecule has 2 nitrogen and oxygen atoms in total. The van der Waals surface area contributed by atoms with E-state index < -0.39 is 0 Å². The van der Waals surface area contributed by atoms with Gasteiger partial charge in [0.1, 0.15) is 0 Å². The lowest BCUT2D eigenvalue weighted by molar-refractivity contribution is 0.127. The van der Waals surface area contributed by atoms with Crippen molar-refractivity contribution in [3.05, 3.63) is 0 Å². The average Bonchev–Trinajstić information content (AvgIpc) is 2.15. The Morgan fingerprint density at radius 1 is 1.36 bits per heavy atom. The average molecular weight is 156 g/mol. The Bertz CT molecular complexity index is 151. The Balaban J connectivity index is 2.86. The lowest BCUT2D eigenvalue weighted by Gasteiger charge is -2.39. The molecule has 1 rings (SSSR count). The van der Waals surface area contributed by atoms with Crippen LogP contribution in [0.5, 0.6) is 0 Å². The SMILES string of the molecule is CC1(CN)CCC(N)C1(C)C. The molecule has 66 valence electrons. The summed E-state index contributed by atoms with van der Waals surface area (Å²) in [6, 6.07) is 0.330. The van der Waals surface area contributed by atoms with E-state index in [-0.39, 0.29) is 10.8 Å². The van der Waals surface area contributed by atoms with E-state index in [1.165, 1.54) is 6.42 Å². The Morgan fingerprint density at radius 2 is 1.91 bits per heavy atom. The molecule has 0 heterocycles. The zero-order valence-electron chi connectivity index (χ0n) is 7.85. The summed E-state index contributed by atoms with van der Waals surface area (Å²) in [7, 11) is 0. The van der Waals surface area contributed by atoms with E-state index in [4.69, 9.17) is 11.5 Å². The van der Waals surface area contributed by atoms with Crippen LogP contribution in [0.25, 0.3) is 0 Å². The first-order chi connectivity index (χ1) is 4.94. The van der Waals surface area contributed by atoms with Crippen LogP contribution in [0.3, 0.4) is 0 Å². The van der Waals surface area contributed by atoms with E-state index in [0.717, 1.165) is 13.0 Å². The second kappa shape index (κ2) is 2.46. The molecule has 4 N–H and O–H groups in total. The topological polar surface area (TPSA) is 52.0 Å². The van der Waals surface area contributed by atoms with Gasteiger partial charge in [0, 0.05) is 6.04 Å². The Morgan fingerprint density at radius 3 is 2.09 bits per heavy atom. The third-order valence-corrected chi connectivity index (χ3v) is 3.94. The normalized spacial score (nSPS) is 42.8. The highest BCUT2D eigenvalue weighted by atomic mass is 14.8. The summed E-state index contributed by atoms with van der Waals surface area (Å²) in [6.45, 7) is 7.47. The molecule has 2 unspecified atom stereocenters. The second-order valence-corrected chi connectivity index (χ2v) is 4.63. The fraction of sp³-hybridized carbons (Fsp3) is 1.00. The van der Waals surface area contributed by atoms with Crippen LogP contribution in [0, 0.1) is 10.8 Å². The van der Waals surface area contributed by atoms with Crippen molar-refractivity contribution in [3.8, 4) is 0 Å². The van der Waals surface area contributed by atoms with Crippen LogP contribution in [0.15, 0.2) is 0 Å². The molecule has 1 fully saturated rings. The number of hydrogen-bond donors (Lipinski definition) is 2. The molecule has 0 aromatic heterocycles. The summed E-state index contributed by atoms with van der Waals surface area (Å²) in [4.78, 5) is 0. The smallest absolute Gasteiger partial charge is 0.00961 e. The maximum absolute atomic E-state index is 6.01. The molecule has 0 spiro atoms. The highest BCUT2D eigenvalue weighted by molar-refractivity contribution is 5.02. The van der Waals surface area contributed by atoms with Crippen LogP contribution in [-0.2, 0) is 0 Å². The molecule has 2 atom stereocenters. The molecule has 0 bridgehead atoms. The van der Waals surface area contributed by atoms with Crippen LogP contribution in [0.4, 0.5) is 0 Å². The molecule has 1 saturated carbocycles. The van der Waals surface area contributed by atoms with Gasteiger partial charge in [-0.1, -0.05) is 20.8 Å². The molecule has 11 heavy (non-hydrogen) atoms. The maximum atomic E-state index is 6.01. The molecule has 0 amide bonds. The van der Waals surface area contributed by atoms with Crippen molar-refractivity contribution in [1.82, 2.24) is 0 Å². The predicted octanol–water partition coefficient (Wildman–Crippen LogP) is 1.10. The zero-order valence-corrected chi connectivity index (χ0v) is 7.85. The van der Waals surface area contributed by atoms with Gasteiger partial charge in [-0.3, -0.25) is 0 Å². The fourth-order valence-corrected chi connectivity index (χ4v) is 1.97. The molecule has 0 saturated heterocycles. The highest BCUT2D eigenvalue weighted by Crippen LogP contribution is 2.50. The van der Waals surface area contributed by atoms with E-state index >= 15 is 0 Å². The van der Waals surface area contributed by atoms with Gasteiger partial charge >= 0.3 is 0 Å². The third-order valence-electron chi connectivity index (χ3n) is 3.94. The fourth-order valence-electron chi connectivity index (χ4n) is 1.97. The van der Waals surface area contributed by atoms with E-state index in [0.29, 0.717) is 6.04 Å². The molecular weight excluding hydrogens is 136 g/mol. The molecule has 0 radical (unpaired) electrons. The Kier molecular flexibility index (Phi) is 2.01. The first-order valence-corrected chi connectivity index (χ1v) is 4.40. The quantitative estimate of drug-likeness (QED) is 0.597. The lowest BCUT2D eigenvalue weighted by Crippen LogP contribution is -2.45. The largest absolute Gasteiger partial charge is 0.330 e. The van der Waals surface area contributed by atoms with Gasteiger partial charge in [0.05, 0.1) is 0 Å². The minimum Gasteiger partial charge on any atom is -0.330 e. The van der Waals surface area contributed by atoms with Crippen LogP contribution < -0.4 is 11.5 Å². The molecule has 0 aromatic rings. The highest BCUT2D eigenvalue weighted by Gasteiger charge is 2.48. The van der Waals surface area contributed by atoms with Gasteiger partial charge in [0.15, 0.2) is 0 Å². The Labute approximate surface area is 69.3 Å². The zero-order chi connectivity index (χ0) is 8.70. The van der Waals surface area contributed by atoms with Gasteiger partial charge in [-0.05, 0) is 30.2 Å². The van der Waals surface area contributed by atoms with Crippen molar-refractivity contribution in [3.63, 3.8) is 0 Å². The molecule has 0 aromatic carbocycles. The van der Waals surface area contributed by atoms with E-state index in [1.54, 1.807) is 0 Å². The van der Waals surface area contributed by atoms with Crippen molar-refractivity contribution < 1.29 is 0 Å². The third kappa shape index (κ3) is 1.09. The van der Waals surface area contributed by atoms with Gasteiger partial charge in [-0.15, -0.1) is 0 Å². The molecule has 2 heteroatoms. The number of nitrogens with two attached hydrogens (primary N) is 2. The van der Waals surface area contributed by atoms with E-state index in [9.17, 15) is 0 Å². The van der Waals surface area contributed by atoms with E-state index in [1.807, 2.05) is 0 Å². The van der Waals surface area contributed by atoms with Gasteiger partial charge < -0.3 is 11.5 Å². The van der Waals surface area contributed by atoms with Gasteiger partial charge in [0.2, 0.25) is 0 Å². The second-order valence-electron chi connectivity index (χ2n) is 4.63. The summed E-state index contributed by atoms with van der Waals surface area (Å²) < 4.78 is 0. The van der Waals surface area contributed by atoms with Crippen molar-refractivity contribution in [1.29, 1.82) is 0 Å². The predicted molar refractivity (Wildman–Crippen MR) is 48.2 cm³/mol. The summed E-state index contributed by atoms with van der Waals surface area (Å²) in [6.07, 6.45) is 2.30. The molecule has 0 aliphatic heterocycles. The van der Waals surface area contributed by atoms with Gasteiger partial charge in [-0.25, -0.2) is 0 Å². The minimum atomic E-state index is 0.210. The first-order valence-electron chi connectivity index (χ1n) is 4.40. The molecular formula is C9H20N2. The van der Waals surface area contributed by atoms with Gasteiger partial charge in [-0.2, -0.15) is 0 Å². The van der Waals surface area contributed by atoms with Crippen LogP contribution in [-0.4, -0.2) is 12.6 Å². The number of hydrogen-bond acceptors (Lipinski definition) is 2. The van der Waals surface area contributed by atoms with Crippen molar-refractivity contribution in [2.45, 2.75) is 39.7 Å². The summed E-state index contributed by atoms with van der Waals surface area (Å²) in [5.41, 5.74) is 12.2. The summed E-state index contributed by atoms with van der Waals surface area (Å²) in [5, 5.41) is 0. The van der Waals surface area contributed by atoms with E-state index in [2.05, 4.69) is 20.8 Å². The van der Waals surface area contributed by atoms with Crippen LogP contribution in [0.2, 0.25) is 0 Å².